The summed E-state index contributed by atoms with van der Waals surface area (Å²) >= 11 is 1.44. The van der Waals surface area contributed by atoms with E-state index in [2.05, 4.69) is 4.98 Å². The van der Waals surface area contributed by atoms with Gasteiger partial charge in [0.05, 0.1) is 0 Å². The van der Waals surface area contributed by atoms with Crippen molar-refractivity contribution in [1.29, 1.82) is 0 Å². The van der Waals surface area contributed by atoms with Crippen molar-refractivity contribution >= 4 is 11.8 Å². The van der Waals surface area contributed by atoms with Gasteiger partial charge in [0, 0.05) is 11.8 Å². The number of hydrogen-bond acceptors (Lipinski definition) is 3. The summed E-state index contributed by atoms with van der Waals surface area (Å²) in [6, 6.07) is 2.44. The van der Waals surface area contributed by atoms with Gasteiger partial charge in [-0.1, -0.05) is 18.9 Å². The highest BCUT2D eigenvalue weighted by molar-refractivity contribution is 7.99. The fourth-order valence-corrected chi connectivity index (χ4v) is 3.39. The molecule has 1 aromatic rings. The Morgan fingerprint density at radius 3 is 2.50 bits per heavy atom. The summed E-state index contributed by atoms with van der Waals surface area (Å²) in [7, 11) is 0. The van der Waals surface area contributed by atoms with Crippen LogP contribution < -0.4 is 5.73 Å². The van der Waals surface area contributed by atoms with E-state index in [1.165, 1.54) is 17.8 Å². The van der Waals surface area contributed by atoms with Crippen molar-refractivity contribution < 1.29 is 13.2 Å². The van der Waals surface area contributed by atoms with Crippen molar-refractivity contribution in [2.24, 2.45) is 5.73 Å². The molecule has 2 nitrogen and oxygen atoms in total. The van der Waals surface area contributed by atoms with Crippen LogP contribution in [0.1, 0.15) is 36.9 Å². The number of halogens is 3. The number of nitrogens with two attached hydrogens (primary N) is 1. The monoisotopic (exact) mass is 276 g/mol. The van der Waals surface area contributed by atoms with E-state index in [9.17, 15) is 13.2 Å². The van der Waals surface area contributed by atoms with Gasteiger partial charge in [0.2, 0.25) is 0 Å². The number of pyridine rings is 1. The topological polar surface area (TPSA) is 38.9 Å². The molecular formula is C12H15F3N2S. The van der Waals surface area contributed by atoms with Crippen LogP contribution in [-0.2, 0) is 12.7 Å². The number of alkyl halides is 3. The molecule has 0 saturated heterocycles. The van der Waals surface area contributed by atoms with Gasteiger partial charge in [0.25, 0.3) is 0 Å². The first kappa shape index (κ1) is 13.7. The van der Waals surface area contributed by atoms with Gasteiger partial charge in [-0.2, -0.15) is 13.2 Å². The van der Waals surface area contributed by atoms with Crippen molar-refractivity contribution in [3.63, 3.8) is 0 Å². The van der Waals surface area contributed by atoms with E-state index in [-0.39, 0.29) is 6.54 Å². The SMILES string of the molecule is NCc1ccc(C(F)(F)F)nc1SC1CCCC1. The number of nitrogens with zero attached hydrogens (tertiary/aromatic N) is 1. The molecule has 1 fully saturated rings. The molecule has 0 aromatic carbocycles. The molecule has 0 atom stereocenters. The molecule has 0 radical (unpaired) electrons. The Balaban J connectivity index is 2.24. The largest absolute Gasteiger partial charge is 0.433 e. The molecule has 1 saturated carbocycles. The van der Waals surface area contributed by atoms with E-state index in [0.717, 1.165) is 31.7 Å². The Morgan fingerprint density at radius 1 is 1.28 bits per heavy atom. The van der Waals surface area contributed by atoms with Crippen molar-refractivity contribution in [3.8, 4) is 0 Å². The lowest BCUT2D eigenvalue weighted by molar-refractivity contribution is -0.141. The van der Waals surface area contributed by atoms with Gasteiger partial charge >= 0.3 is 6.18 Å². The lowest BCUT2D eigenvalue weighted by Crippen LogP contribution is -2.11. The first-order valence-electron chi connectivity index (χ1n) is 5.94. The van der Waals surface area contributed by atoms with Gasteiger partial charge in [0.1, 0.15) is 10.7 Å². The highest BCUT2D eigenvalue weighted by Crippen LogP contribution is 2.37. The summed E-state index contributed by atoms with van der Waals surface area (Å²) in [5, 5.41) is 0.825. The Morgan fingerprint density at radius 2 is 1.94 bits per heavy atom. The lowest BCUT2D eigenvalue weighted by atomic mass is 10.2. The molecule has 1 aliphatic rings. The zero-order chi connectivity index (χ0) is 13.2. The first-order chi connectivity index (χ1) is 8.50. The molecule has 100 valence electrons. The average Bonchev–Trinajstić information content (AvgIpc) is 2.80. The fourth-order valence-electron chi connectivity index (χ4n) is 2.05. The predicted octanol–water partition coefficient (Wildman–Crippen LogP) is 3.59. The number of aromatic nitrogens is 1. The molecule has 0 spiro atoms. The zero-order valence-corrected chi connectivity index (χ0v) is 10.7. The normalized spacial score (nSPS) is 17.3. The van der Waals surface area contributed by atoms with Crippen LogP contribution in [0.15, 0.2) is 17.2 Å². The van der Waals surface area contributed by atoms with Crippen LogP contribution in [0.3, 0.4) is 0 Å². The van der Waals surface area contributed by atoms with Gasteiger partial charge in [-0.3, -0.25) is 0 Å². The quantitative estimate of drug-likeness (QED) is 0.917. The Hall–Kier alpha value is -0.750. The van der Waals surface area contributed by atoms with Crippen LogP contribution in [0.25, 0.3) is 0 Å². The first-order valence-corrected chi connectivity index (χ1v) is 6.82. The van der Waals surface area contributed by atoms with Gasteiger partial charge in [-0.25, -0.2) is 4.98 Å². The van der Waals surface area contributed by atoms with Crippen molar-refractivity contribution in [2.45, 2.75) is 48.7 Å². The molecule has 0 aliphatic heterocycles. The van der Waals surface area contributed by atoms with Gasteiger partial charge in [-0.15, -0.1) is 11.8 Å². The summed E-state index contributed by atoms with van der Waals surface area (Å²) in [6.45, 7) is 0.222. The van der Waals surface area contributed by atoms with Gasteiger partial charge in [-0.05, 0) is 24.5 Å². The molecule has 0 amide bonds. The van der Waals surface area contributed by atoms with Crippen LogP contribution >= 0.6 is 11.8 Å². The van der Waals surface area contributed by atoms with Crippen LogP contribution in [0.5, 0.6) is 0 Å². The van der Waals surface area contributed by atoms with Crippen molar-refractivity contribution in [1.82, 2.24) is 4.98 Å². The van der Waals surface area contributed by atoms with Crippen molar-refractivity contribution in [2.75, 3.05) is 0 Å². The Kier molecular flexibility index (Phi) is 4.17. The van der Waals surface area contributed by atoms with Gasteiger partial charge < -0.3 is 5.73 Å². The molecule has 2 N–H and O–H groups in total. The zero-order valence-electron chi connectivity index (χ0n) is 9.83. The molecule has 0 unspecified atom stereocenters. The summed E-state index contributed by atoms with van der Waals surface area (Å²) in [6.07, 6.45) is 0.000491. The minimum Gasteiger partial charge on any atom is -0.326 e. The van der Waals surface area contributed by atoms with Crippen LogP contribution in [-0.4, -0.2) is 10.2 Å². The summed E-state index contributed by atoms with van der Waals surface area (Å²) in [4.78, 5) is 3.74. The molecule has 6 heteroatoms. The third kappa shape index (κ3) is 3.17. The van der Waals surface area contributed by atoms with Crippen LogP contribution in [0.4, 0.5) is 13.2 Å². The maximum Gasteiger partial charge on any atom is 0.433 e. The molecule has 1 heterocycles. The maximum absolute atomic E-state index is 12.6. The molecule has 18 heavy (non-hydrogen) atoms. The van der Waals surface area contributed by atoms with E-state index in [1.54, 1.807) is 0 Å². The highest BCUT2D eigenvalue weighted by atomic mass is 32.2. The molecule has 2 rings (SSSR count). The van der Waals surface area contributed by atoms with Gasteiger partial charge in [0.15, 0.2) is 0 Å². The second kappa shape index (κ2) is 5.48. The molecular weight excluding hydrogens is 261 g/mol. The number of thioether (sulfide) groups is 1. The van der Waals surface area contributed by atoms with E-state index >= 15 is 0 Å². The van der Waals surface area contributed by atoms with Crippen LogP contribution in [0.2, 0.25) is 0 Å². The summed E-state index contributed by atoms with van der Waals surface area (Å²) in [5.74, 6) is 0. The molecule has 0 bridgehead atoms. The number of hydrogen-bond donors (Lipinski definition) is 1. The Bertz CT molecular complexity index is 414. The molecule has 1 aliphatic carbocycles. The fraction of sp³-hybridized carbons (Fsp3) is 0.583. The minimum atomic E-state index is -4.39. The maximum atomic E-state index is 12.6. The standard InChI is InChI=1S/C12H15F3N2S/c13-12(14,15)10-6-5-8(7-16)11(17-10)18-9-3-1-2-4-9/h5-6,9H,1-4,7,16H2. The minimum absolute atomic E-state index is 0.222. The van der Waals surface area contributed by atoms with E-state index in [0.29, 0.717) is 15.8 Å². The predicted molar refractivity (Wildman–Crippen MR) is 65.2 cm³/mol. The third-order valence-electron chi connectivity index (χ3n) is 3.03. The second-order valence-corrected chi connectivity index (χ2v) is 5.68. The van der Waals surface area contributed by atoms with Crippen LogP contribution in [0, 0.1) is 0 Å². The summed E-state index contributed by atoms with van der Waals surface area (Å²) in [5.41, 5.74) is 5.41. The third-order valence-corrected chi connectivity index (χ3v) is 4.41. The highest BCUT2D eigenvalue weighted by Gasteiger charge is 2.33. The van der Waals surface area contributed by atoms with Crippen molar-refractivity contribution in [3.05, 3.63) is 23.4 Å². The van der Waals surface area contributed by atoms with E-state index in [1.807, 2.05) is 0 Å². The number of rotatable bonds is 3. The smallest absolute Gasteiger partial charge is 0.326 e. The van der Waals surface area contributed by atoms with E-state index in [4.69, 9.17) is 5.73 Å². The average molecular weight is 276 g/mol. The summed E-state index contributed by atoms with van der Waals surface area (Å²) < 4.78 is 37.8. The molecule has 1 aromatic heterocycles. The van der Waals surface area contributed by atoms with E-state index < -0.39 is 11.9 Å². The second-order valence-electron chi connectivity index (χ2n) is 4.39. The Labute approximate surface area is 108 Å². The lowest BCUT2D eigenvalue weighted by Gasteiger charge is -2.14.